The molecule has 0 bridgehead atoms. The molecule has 0 aromatic carbocycles. The van der Waals surface area contributed by atoms with E-state index in [4.69, 9.17) is 5.73 Å². The number of H-pyrrole nitrogens is 1. The van der Waals surface area contributed by atoms with Gasteiger partial charge in [-0.2, -0.15) is 0 Å². The topological polar surface area (TPSA) is 114 Å². The van der Waals surface area contributed by atoms with Crippen LogP contribution in [0.3, 0.4) is 0 Å². The van der Waals surface area contributed by atoms with Crippen molar-refractivity contribution in [1.82, 2.24) is 20.5 Å². The lowest BCUT2D eigenvalue weighted by molar-refractivity contribution is -0.122. The number of unbranched alkanes of at least 4 members (excludes halogenated alkanes) is 4. The Morgan fingerprint density at radius 1 is 1.17 bits per heavy atom. The maximum atomic E-state index is 12.1. The normalized spacial score (nSPS) is 12.8. The number of carbonyl (C=O) groups excluding carboxylic acids is 2. The summed E-state index contributed by atoms with van der Waals surface area (Å²) >= 11 is 0. The molecule has 0 aliphatic rings. The van der Waals surface area contributed by atoms with Crippen LogP contribution < -0.4 is 11.1 Å². The summed E-state index contributed by atoms with van der Waals surface area (Å²) in [6.07, 6.45) is 5.84. The molecule has 1 atom stereocenters. The summed E-state index contributed by atoms with van der Waals surface area (Å²) in [5, 5.41) is 11.0. The van der Waals surface area contributed by atoms with Crippen molar-refractivity contribution in [1.29, 1.82) is 0 Å². The highest BCUT2D eigenvalue weighted by molar-refractivity contribution is 5.78. The van der Waals surface area contributed by atoms with Gasteiger partial charge in [-0.25, -0.2) is 0 Å². The molecule has 7 nitrogen and oxygen atoms in total. The number of nitrogens with one attached hydrogen (secondary N) is 2. The molecule has 0 aliphatic carbocycles. The Morgan fingerprint density at radius 3 is 2.38 bits per heavy atom. The zero-order valence-corrected chi connectivity index (χ0v) is 15.3. The van der Waals surface area contributed by atoms with Gasteiger partial charge in [-0.1, -0.05) is 53.4 Å². The van der Waals surface area contributed by atoms with Crippen molar-refractivity contribution in [3.63, 3.8) is 0 Å². The second-order valence-electron chi connectivity index (χ2n) is 7.26. The molecule has 1 aromatic rings. The fraction of sp³-hybridized carbons (Fsp3) is 0.765. The quantitative estimate of drug-likeness (QED) is 0.569. The number of nitrogens with two attached hydrogens (primary N) is 1. The predicted octanol–water partition coefficient (Wildman–Crippen LogP) is 2.50. The molecule has 4 N–H and O–H groups in total. The van der Waals surface area contributed by atoms with E-state index in [-0.39, 0.29) is 17.7 Å². The molecule has 0 fully saturated rings. The first kappa shape index (κ1) is 20.1. The van der Waals surface area contributed by atoms with E-state index in [9.17, 15) is 9.59 Å². The Bertz CT molecular complexity index is 533. The molecule has 136 valence electrons. The number of aromatic nitrogens is 3. The minimum atomic E-state index is -0.561. The lowest BCUT2D eigenvalue weighted by Gasteiger charge is -2.16. The Balaban J connectivity index is 2.64. The second kappa shape index (κ2) is 9.39. The number of hydrogen-bond acceptors (Lipinski definition) is 4. The number of amides is 2. The average Bonchev–Trinajstić information content (AvgIpc) is 2.95. The van der Waals surface area contributed by atoms with Gasteiger partial charge in [-0.15, -0.1) is 10.2 Å². The summed E-state index contributed by atoms with van der Waals surface area (Å²) in [5.41, 5.74) is 5.11. The van der Waals surface area contributed by atoms with Gasteiger partial charge in [0.1, 0.15) is 5.82 Å². The van der Waals surface area contributed by atoms with E-state index in [2.05, 4.69) is 27.4 Å². The molecule has 0 aliphatic heterocycles. The van der Waals surface area contributed by atoms with E-state index in [0.717, 1.165) is 19.3 Å². The van der Waals surface area contributed by atoms with Crippen molar-refractivity contribution >= 4 is 11.8 Å². The average molecular weight is 337 g/mol. The van der Waals surface area contributed by atoms with Crippen molar-refractivity contribution in [3.05, 3.63) is 11.6 Å². The van der Waals surface area contributed by atoms with Crippen LogP contribution in [-0.4, -0.2) is 27.0 Å². The van der Waals surface area contributed by atoms with Crippen LogP contribution in [0.1, 0.15) is 90.3 Å². The van der Waals surface area contributed by atoms with Crippen LogP contribution in [0.25, 0.3) is 0 Å². The number of rotatable bonds is 10. The van der Waals surface area contributed by atoms with Crippen molar-refractivity contribution in [3.8, 4) is 0 Å². The Kier molecular flexibility index (Phi) is 7.88. The highest BCUT2D eigenvalue weighted by Gasteiger charge is 2.24. The highest BCUT2D eigenvalue weighted by Crippen LogP contribution is 2.20. The zero-order valence-electron chi connectivity index (χ0n) is 15.3. The van der Waals surface area contributed by atoms with Gasteiger partial charge < -0.3 is 16.0 Å². The first-order chi connectivity index (χ1) is 11.2. The van der Waals surface area contributed by atoms with Crippen LogP contribution in [0.15, 0.2) is 0 Å². The number of aromatic amines is 1. The summed E-state index contributed by atoms with van der Waals surface area (Å²) < 4.78 is 0. The van der Waals surface area contributed by atoms with E-state index in [1.807, 2.05) is 20.8 Å². The van der Waals surface area contributed by atoms with Gasteiger partial charge in [0, 0.05) is 11.8 Å². The molecule has 7 heteroatoms. The molecule has 1 aromatic heterocycles. The van der Waals surface area contributed by atoms with Crippen LogP contribution in [0.5, 0.6) is 0 Å². The molecular weight excluding hydrogens is 306 g/mol. The molecule has 0 radical (unpaired) electrons. The van der Waals surface area contributed by atoms with Crippen LogP contribution >= 0.6 is 0 Å². The number of nitrogens with zero attached hydrogens (tertiary/aromatic N) is 2. The molecular formula is C17H31N5O2. The Labute approximate surface area is 144 Å². The Morgan fingerprint density at radius 2 is 1.83 bits per heavy atom. The van der Waals surface area contributed by atoms with Gasteiger partial charge in [0.2, 0.25) is 11.8 Å². The maximum absolute atomic E-state index is 12.1. The minimum Gasteiger partial charge on any atom is -0.370 e. The van der Waals surface area contributed by atoms with Crippen LogP contribution in [0.4, 0.5) is 0 Å². The third-order valence-corrected chi connectivity index (χ3v) is 3.79. The monoisotopic (exact) mass is 337 g/mol. The second-order valence-corrected chi connectivity index (χ2v) is 7.26. The Hall–Kier alpha value is -1.92. The molecule has 24 heavy (non-hydrogen) atoms. The fourth-order valence-electron chi connectivity index (χ4n) is 2.34. The predicted molar refractivity (Wildman–Crippen MR) is 93.2 cm³/mol. The number of carbonyl (C=O) groups is 2. The summed E-state index contributed by atoms with van der Waals surface area (Å²) in [4.78, 5) is 26.5. The van der Waals surface area contributed by atoms with E-state index in [1.165, 1.54) is 12.8 Å². The molecule has 1 heterocycles. The van der Waals surface area contributed by atoms with Gasteiger partial charge in [-0.3, -0.25) is 9.59 Å². The van der Waals surface area contributed by atoms with E-state index in [0.29, 0.717) is 18.1 Å². The van der Waals surface area contributed by atoms with Gasteiger partial charge >= 0.3 is 0 Å². The maximum Gasteiger partial charge on any atom is 0.220 e. The summed E-state index contributed by atoms with van der Waals surface area (Å²) in [7, 11) is 0. The van der Waals surface area contributed by atoms with Crippen LogP contribution in [-0.2, 0) is 15.0 Å². The highest BCUT2D eigenvalue weighted by atomic mass is 16.2. The SMILES string of the molecule is CCCCCCCC(=O)N[C@H](CC(N)=O)c1nnc(C(C)(C)C)[nH]1. The van der Waals surface area contributed by atoms with Gasteiger partial charge in [0.25, 0.3) is 0 Å². The summed E-state index contributed by atoms with van der Waals surface area (Å²) in [6.45, 7) is 8.18. The smallest absolute Gasteiger partial charge is 0.220 e. The molecule has 1 rings (SSSR count). The molecule has 0 saturated heterocycles. The lowest BCUT2D eigenvalue weighted by atomic mass is 9.96. The van der Waals surface area contributed by atoms with Crippen LogP contribution in [0.2, 0.25) is 0 Å². The third kappa shape index (κ3) is 7.10. The van der Waals surface area contributed by atoms with E-state index >= 15 is 0 Å². The number of hydrogen-bond donors (Lipinski definition) is 3. The van der Waals surface area contributed by atoms with Gasteiger partial charge in [0.15, 0.2) is 5.82 Å². The van der Waals surface area contributed by atoms with Crippen molar-refractivity contribution in [2.45, 2.75) is 84.1 Å². The van der Waals surface area contributed by atoms with E-state index in [1.54, 1.807) is 0 Å². The van der Waals surface area contributed by atoms with Crippen molar-refractivity contribution in [2.75, 3.05) is 0 Å². The summed E-state index contributed by atoms with van der Waals surface area (Å²) in [6, 6.07) is -0.561. The lowest BCUT2D eigenvalue weighted by Crippen LogP contribution is -2.32. The molecule has 2 amide bonds. The first-order valence-electron chi connectivity index (χ1n) is 8.74. The minimum absolute atomic E-state index is 0.000348. The van der Waals surface area contributed by atoms with Gasteiger partial charge in [0.05, 0.1) is 12.5 Å². The largest absolute Gasteiger partial charge is 0.370 e. The molecule has 0 unspecified atom stereocenters. The molecule has 0 saturated carbocycles. The van der Waals surface area contributed by atoms with Gasteiger partial charge in [-0.05, 0) is 6.42 Å². The van der Waals surface area contributed by atoms with E-state index < -0.39 is 11.9 Å². The summed E-state index contributed by atoms with van der Waals surface area (Å²) in [5.74, 6) is 0.599. The third-order valence-electron chi connectivity index (χ3n) is 3.79. The molecule has 0 spiro atoms. The number of primary amides is 1. The van der Waals surface area contributed by atoms with Crippen molar-refractivity contribution in [2.24, 2.45) is 5.73 Å². The first-order valence-corrected chi connectivity index (χ1v) is 8.74. The van der Waals surface area contributed by atoms with Crippen molar-refractivity contribution < 1.29 is 9.59 Å². The standard InChI is InChI=1S/C17H31N5O2/c1-5-6-7-8-9-10-14(24)19-12(11-13(18)23)15-20-16(22-21-15)17(2,3)4/h12H,5-11H2,1-4H3,(H2,18,23)(H,19,24)(H,20,21,22)/t12-/m1/s1. The van der Waals surface area contributed by atoms with Crippen LogP contribution in [0, 0.1) is 0 Å². The zero-order chi connectivity index (χ0) is 18.2. The fourth-order valence-corrected chi connectivity index (χ4v) is 2.34.